The molecular formula is C35H37N3O7S. The molecule has 0 radical (unpaired) electrons. The minimum atomic E-state index is -3.91. The summed E-state index contributed by atoms with van der Waals surface area (Å²) in [5.74, 6) is 0.797. The van der Waals surface area contributed by atoms with Crippen molar-refractivity contribution in [2.45, 2.75) is 44.7 Å². The van der Waals surface area contributed by atoms with Crippen LogP contribution >= 0.6 is 0 Å². The first-order chi connectivity index (χ1) is 21.9. The SMILES string of the molecule is COc1ccc2c(c1CN1CCN(C(=O)OC(C)(C)C)CC1)OC(=Cc1cn(S(=O)(=O)c3ccc(C)cc3)c3ccccc13)C2=O. The van der Waals surface area contributed by atoms with E-state index in [4.69, 9.17) is 14.2 Å². The second-order valence-electron chi connectivity index (χ2n) is 12.5. The van der Waals surface area contributed by atoms with Crippen LogP contribution in [0.5, 0.6) is 11.5 Å². The highest BCUT2D eigenvalue weighted by atomic mass is 32.2. The van der Waals surface area contributed by atoms with Gasteiger partial charge < -0.3 is 19.1 Å². The van der Waals surface area contributed by atoms with E-state index in [9.17, 15) is 18.0 Å². The number of carbonyl (C=O) groups is 2. The molecule has 0 unspecified atom stereocenters. The van der Waals surface area contributed by atoms with E-state index in [1.807, 2.05) is 39.8 Å². The van der Waals surface area contributed by atoms with Crippen LogP contribution in [0, 0.1) is 6.92 Å². The number of ketones is 1. The molecule has 0 spiro atoms. The van der Waals surface area contributed by atoms with Crippen LogP contribution in [-0.4, -0.2) is 73.0 Å². The van der Waals surface area contributed by atoms with Gasteiger partial charge in [0.25, 0.3) is 10.0 Å². The standard InChI is InChI=1S/C35H37N3O7S/c1-23-10-12-25(13-11-23)46(41,42)38-21-24(26-8-6-7-9-29(26)38)20-31-32(39)27-14-15-30(43-5)28(33(27)44-31)22-36-16-18-37(19-17-36)34(40)45-35(2,3)4/h6-15,20-21H,16-19,22H2,1-5H3. The van der Waals surface area contributed by atoms with Gasteiger partial charge in [-0.15, -0.1) is 0 Å². The highest BCUT2D eigenvalue weighted by Gasteiger charge is 2.34. The summed E-state index contributed by atoms with van der Waals surface area (Å²) in [6.45, 7) is 10.1. The van der Waals surface area contributed by atoms with Gasteiger partial charge in [0.15, 0.2) is 5.76 Å². The number of hydrogen-bond acceptors (Lipinski definition) is 8. The highest BCUT2D eigenvalue weighted by molar-refractivity contribution is 7.90. The van der Waals surface area contributed by atoms with Crippen LogP contribution in [0.1, 0.15) is 47.8 Å². The fourth-order valence-corrected chi connectivity index (χ4v) is 7.10. The molecule has 240 valence electrons. The van der Waals surface area contributed by atoms with Gasteiger partial charge >= 0.3 is 6.09 Å². The van der Waals surface area contributed by atoms with Crippen molar-refractivity contribution in [3.05, 3.63) is 94.9 Å². The lowest BCUT2D eigenvalue weighted by molar-refractivity contribution is 0.0138. The predicted octanol–water partition coefficient (Wildman–Crippen LogP) is 5.86. The number of amides is 1. The number of para-hydroxylation sites is 1. The van der Waals surface area contributed by atoms with Crippen LogP contribution in [0.25, 0.3) is 17.0 Å². The van der Waals surface area contributed by atoms with Crippen molar-refractivity contribution in [3.8, 4) is 11.5 Å². The lowest BCUT2D eigenvalue weighted by Gasteiger charge is -2.35. The highest BCUT2D eigenvalue weighted by Crippen LogP contribution is 2.41. The van der Waals surface area contributed by atoms with Gasteiger partial charge in [0.2, 0.25) is 5.78 Å². The molecule has 6 rings (SSSR count). The summed E-state index contributed by atoms with van der Waals surface area (Å²) in [5.41, 5.74) is 2.56. The maximum absolute atomic E-state index is 13.7. The molecule has 1 aromatic heterocycles. The molecule has 0 bridgehead atoms. The molecule has 11 heteroatoms. The molecule has 1 amide bonds. The van der Waals surface area contributed by atoms with E-state index in [-0.39, 0.29) is 22.5 Å². The molecule has 10 nitrogen and oxygen atoms in total. The summed E-state index contributed by atoms with van der Waals surface area (Å²) >= 11 is 0. The summed E-state index contributed by atoms with van der Waals surface area (Å²) in [6.07, 6.45) is 2.79. The molecule has 1 saturated heterocycles. The molecule has 4 aromatic rings. The Bertz CT molecular complexity index is 1960. The normalized spacial score (nSPS) is 16.5. The molecule has 3 aromatic carbocycles. The molecule has 1 fully saturated rings. The van der Waals surface area contributed by atoms with E-state index >= 15 is 0 Å². The second kappa shape index (κ2) is 12.0. The van der Waals surface area contributed by atoms with Gasteiger partial charge in [0.1, 0.15) is 17.1 Å². The second-order valence-corrected chi connectivity index (χ2v) is 14.3. The Balaban J connectivity index is 1.28. The number of rotatable bonds is 6. The number of fused-ring (bicyclic) bond motifs is 2. The third kappa shape index (κ3) is 6.00. The van der Waals surface area contributed by atoms with E-state index in [0.717, 1.165) is 11.1 Å². The molecule has 0 N–H and O–H groups in total. The number of benzene rings is 3. The van der Waals surface area contributed by atoms with E-state index in [2.05, 4.69) is 4.90 Å². The minimum absolute atomic E-state index is 0.0925. The van der Waals surface area contributed by atoms with Crippen molar-refractivity contribution in [3.63, 3.8) is 0 Å². The van der Waals surface area contributed by atoms with Crippen molar-refractivity contribution in [1.82, 2.24) is 13.8 Å². The molecule has 0 saturated carbocycles. The number of aryl methyl sites for hydroxylation is 1. The fourth-order valence-electron chi connectivity index (χ4n) is 5.72. The average Bonchev–Trinajstić information content (AvgIpc) is 3.55. The van der Waals surface area contributed by atoms with Crippen LogP contribution in [0.3, 0.4) is 0 Å². The first-order valence-corrected chi connectivity index (χ1v) is 16.6. The Morgan fingerprint density at radius 2 is 1.67 bits per heavy atom. The number of aromatic nitrogens is 1. The zero-order valence-electron chi connectivity index (χ0n) is 26.6. The zero-order valence-corrected chi connectivity index (χ0v) is 27.4. The van der Waals surface area contributed by atoms with Crippen LogP contribution < -0.4 is 9.47 Å². The van der Waals surface area contributed by atoms with Gasteiger partial charge in [0.05, 0.1) is 28.6 Å². The van der Waals surface area contributed by atoms with Crippen molar-refractivity contribution in [1.29, 1.82) is 0 Å². The lowest BCUT2D eigenvalue weighted by Crippen LogP contribution is -2.49. The molecule has 0 aliphatic carbocycles. The molecule has 2 aliphatic heterocycles. The Morgan fingerprint density at radius 3 is 2.35 bits per heavy atom. The summed E-state index contributed by atoms with van der Waals surface area (Å²) in [5, 5.41) is 0.665. The number of nitrogens with zero attached hydrogens (tertiary/aromatic N) is 3. The molecule has 2 aliphatic rings. The van der Waals surface area contributed by atoms with Crippen molar-refractivity contribution in [2.24, 2.45) is 0 Å². The number of methoxy groups -OCH3 is 1. The zero-order chi connectivity index (χ0) is 32.8. The first kappa shape index (κ1) is 31.4. The van der Waals surface area contributed by atoms with Gasteiger partial charge in [-0.2, -0.15) is 0 Å². The molecule has 46 heavy (non-hydrogen) atoms. The monoisotopic (exact) mass is 643 g/mol. The Labute approximate surface area is 268 Å². The maximum atomic E-state index is 13.7. The Morgan fingerprint density at radius 1 is 0.978 bits per heavy atom. The number of carbonyl (C=O) groups excluding carboxylic acids is 2. The fraction of sp³-hybridized carbons (Fsp3) is 0.314. The van der Waals surface area contributed by atoms with Gasteiger partial charge in [-0.05, 0) is 64.1 Å². The molecule has 3 heterocycles. The van der Waals surface area contributed by atoms with E-state index in [1.54, 1.807) is 66.6 Å². The van der Waals surface area contributed by atoms with Gasteiger partial charge in [-0.3, -0.25) is 9.69 Å². The van der Waals surface area contributed by atoms with E-state index < -0.39 is 15.6 Å². The lowest BCUT2D eigenvalue weighted by atomic mass is 10.0. The number of ether oxygens (including phenoxy) is 3. The smallest absolute Gasteiger partial charge is 0.410 e. The third-order valence-electron chi connectivity index (χ3n) is 8.10. The van der Waals surface area contributed by atoms with E-state index in [1.165, 1.54) is 10.2 Å². The van der Waals surface area contributed by atoms with Gasteiger partial charge in [-0.25, -0.2) is 17.2 Å². The van der Waals surface area contributed by atoms with Crippen LogP contribution in [0.2, 0.25) is 0 Å². The van der Waals surface area contributed by atoms with Crippen molar-refractivity contribution >= 4 is 38.9 Å². The first-order valence-electron chi connectivity index (χ1n) is 15.1. The molecular weight excluding hydrogens is 606 g/mol. The van der Waals surface area contributed by atoms with Crippen LogP contribution in [0.4, 0.5) is 4.79 Å². The minimum Gasteiger partial charge on any atom is -0.496 e. The summed E-state index contributed by atoms with van der Waals surface area (Å²) in [7, 11) is -2.33. The Hall–Kier alpha value is -4.61. The molecule has 0 atom stereocenters. The third-order valence-corrected chi connectivity index (χ3v) is 9.78. The quantitative estimate of drug-likeness (QED) is 0.241. The van der Waals surface area contributed by atoms with Crippen molar-refractivity contribution < 1.29 is 32.2 Å². The largest absolute Gasteiger partial charge is 0.496 e. The Kier molecular flexibility index (Phi) is 8.16. The maximum Gasteiger partial charge on any atom is 0.410 e. The van der Waals surface area contributed by atoms with Crippen LogP contribution in [0.15, 0.2) is 77.5 Å². The number of hydrogen-bond donors (Lipinski definition) is 0. The average molecular weight is 644 g/mol. The predicted molar refractivity (Wildman–Crippen MR) is 175 cm³/mol. The van der Waals surface area contributed by atoms with Crippen LogP contribution in [-0.2, 0) is 21.3 Å². The number of allylic oxidation sites excluding steroid dienone is 1. The number of Topliss-reactive ketones (excluding diaryl/α,β-unsaturated/α-hetero) is 1. The van der Waals surface area contributed by atoms with Crippen molar-refractivity contribution in [2.75, 3.05) is 33.3 Å². The number of piperazine rings is 1. The van der Waals surface area contributed by atoms with Gasteiger partial charge in [0, 0.05) is 49.9 Å². The van der Waals surface area contributed by atoms with Gasteiger partial charge in [-0.1, -0.05) is 35.9 Å². The topological polar surface area (TPSA) is 107 Å². The summed E-state index contributed by atoms with van der Waals surface area (Å²) < 4.78 is 46.0. The summed E-state index contributed by atoms with van der Waals surface area (Å²) in [4.78, 5) is 30.2. The van der Waals surface area contributed by atoms with E-state index in [0.29, 0.717) is 66.3 Å². The summed E-state index contributed by atoms with van der Waals surface area (Å²) in [6, 6.07) is 17.3.